The van der Waals surface area contributed by atoms with Crippen LogP contribution in [0, 0.1) is 5.82 Å². The predicted molar refractivity (Wildman–Crippen MR) is 81.0 cm³/mol. The van der Waals surface area contributed by atoms with Crippen molar-refractivity contribution in [2.75, 3.05) is 29.9 Å². The maximum atomic E-state index is 13.4. The number of rotatable bonds is 2. The van der Waals surface area contributed by atoms with Crippen LogP contribution in [-0.2, 0) is 6.54 Å². The van der Waals surface area contributed by atoms with Crippen molar-refractivity contribution < 1.29 is 4.39 Å². The Bertz CT molecular complexity index is 627. The van der Waals surface area contributed by atoms with Gasteiger partial charge in [0.25, 0.3) is 0 Å². The fraction of sp³-hybridized carbons (Fsp3) is 0.250. The second-order valence-corrected chi connectivity index (χ2v) is 5.04. The van der Waals surface area contributed by atoms with Gasteiger partial charge in [-0.25, -0.2) is 4.39 Å². The van der Waals surface area contributed by atoms with Crippen LogP contribution in [0.2, 0.25) is 0 Å². The number of nitrogens with zero attached hydrogens (tertiary/aromatic N) is 2. The Balaban J connectivity index is 2.10. The predicted octanol–water partition coefficient (Wildman–Crippen LogP) is 2.87. The summed E-state index contributed by atoms with van der Waals surface area (Å²) in [6.45, 7) is 2.13. The fourth-order valence-electron chi connectivity index (χ4n) is 2.74. The molecule has 3 rings (SSSR count). The first-order valence-electron chi connectivity index (χ1n) is 6.77. The summed E-state index contributed by atoms with van der Waals surface area (Å²) in [4.78, 5) is 4.45. The van der Waals surface area contributed by atoms with Crippen LogP contribution < -0.4 is 15.5 Å². The van der Waals surface area contributed by atoms with Crippen LogP contribution >= 0.6 is 0 Å². The third-order valence-electron chi connectivity index (χ3n) is 3.80. The molecule has 1 aliphatic heterocycles. The highest BCUT2D eigenvalue weighted by Crippen LogP contribution is 2.38. The lowest BCUT2D eigenvalue weighted by molar-refractivity contribution is 0.625. The summed E-state index contributed by atoms with van der Waals surface area (Å²) >= 11 is 0. The monoisotopic (exact) mass is 271 g/mol. The summed E-state index contributed by atoms with van der Waals surface area (Å²) in [6.07, 6.45) is 0. The number of likely N-dealkylation sites (N-methyl/N-ethyl adjacent to an activating group) is 1. The maximum absolute atomic E-state index is 13.4. The van der Waals surface area contributed by atoms with Gasteiger partial charge < -0.3 is 15.5 Å². The minimum Gasteiger partial charge on any atom is -0.371 e. The average Bonchev–Trinajstić information content (AvgIpc) is 2.48. The molecule has 20 heavy (non-hydrogen) atoms. The Labute approximate surface area is 118 Å². The fourth-order valence-corrected chi connectivity index (χ4v) is 2.74. The van der Waals surface area contributed by atoms with Crippen LogP contribution in [0.5, 0.6) is 0 Å². The van der Waals surface area contributed by atoms with Gasteiger partial charge in [0.05, 0.1) is 11.4 Å². The van der Waals surface area contributed by atoms with Crippen molar-refractivity contribution in [3.8, 4) is 0 Å². The lowest BCUT2D eigenvalue weighted by Gasteiger charge is -2.37. The summed E-state index contributed by atoms with van der Waals surface area (Å²) in [5.41, 5.74) is 9.93. The molecule has 1 heterocycles. The van der Waals surface area contributed by atoms with Crippen LogP contribution in [0.25, 0.3) is 0 Å². The molecule has 0 fully saturated rings. The van der Waals surface area contributed by atoms with Crippen LogP contribution in [0.15, 0.2) is 42.5 Å². The number of benzene rings is 2. The summed E-state index contributed by atoms with van der Waals surface area (Å²) < 4.78 is 13.4. The highest BCUT2D eigenvalue weighted by molar-refractivity contribution is 5.80. The summed E-state index contributed by atoms with van der Waals surface area (Å²) in [7, 11) is 2.09. The van der Waals surface area contributed by atoms with Crippen molar-refractivity contribution >= 4 is 17.1 Å². The van der Waals surface area contributed by atoms with E-state index in [-0.39, 0.29) is 5.82 Å². The van der Waals surface area contributed by atoms with E-state index < -0.39 is 0 Å². The Morgan fingerprint density at radius 3 is 2.55 bits per heavy atom. The van der Waals surface area contributed by atoms with Crippen LogP contribution in [0.1, 0.15) is 5.56 Å². The molecule has 0 radical (unpaired) electrons. The van der Waals surface area contributed by atoms with E-state index >= 15 is 0 Å². The zero-order valence-electron chi connectivity index (χ0n) is 11.5. The normalized spacial score (nSPS) is 14.3. The molecule has 4 heteroatoms. The van der Waals surface area contributed by atoms with Gasteiger partial charge in [-0.2, -0.15) is 0 Å². The van der Waals surface area contributed by atoms with Gasteiger partial charge in [-0.15, -0.1) is 0 Å². The van der Waals surface area contributed by atoms with Crippen molar-refractivity contribution in [3.63, 3.8) is 0 Å². The Morgan fingerprint density at radius 2 is 1.80 bits per heavy atom. The third-order valence-corrected chi connectivity index (χ3v) is 3.80. The van der Waals surface area contributed by atoms with Gasteiger partial charge in [0.15, 0.2) is 0 Å². The largest absolute Gasteiger partial charge is 0.371 e. The number of hydrogen-bond acceptors (Lipinski definition) is 3. The second-order valence-electron chi connectivity index (χ2n) is 5.04. The van der Waals surface area contributed by atoms with Gasteiger partial charge in [-0.1, -0.05) is 12.1 Å². The highest BCUT2D eigenvalue weighted by atomic mass is 19.1. The first kappa shape index (κ1) is 12.9. The third kappa shape index (κ3) is 2.12. The van der Waals surface area contributed by atoms with Crippen LogP contribution in [0.3, 0.4) is 0 Å². The average molecular weight is 271 g/mol. The van der Waals surface area contributed by atoms with Crippen LogP contribution in [0.4, 0.5) is 21.5 Å². The lowest BCUT2D eigenvalue weighted by atomic mass is 10.1. The molecule has 0 spiro atoms. The molecule has 104 valence electrons. The molecule has 2 aromatic carbocycles. The molecule has 0 saturated heterocycles. The molecule has 2 aromatic rings. The van der Waals surface area contributed by atoms with E-state index in [0.717, 1.165) is 30.0 Å². The topological polar surface area (TPSA) is 32.5 Å². The standard InChI is InChI=1S/C16H18FN3/c1-19-8-9-20(16-5-3-2-4-15(16)19)14-7-6-13(17)10-12(14)11-18/h2-7,10H,8-9,11,18H2,1H3. The Hall–Kier alpha value is -2.07. The first-order valence-corrected chi connectivity index (χ1v) is 6.77. The zero-order chi connectivity index (χ0) is 14.1. The molecular weight excluding hydrogens is 253 g/mol. The number of nitrogens with two attached hydrogens (primary N) is 1. The minimum atomic E-state index is -0.239. The zero-order valence-corrected chi connectivity index (χ0v) is 11.5. The Morgan fingerprint density at radius 1 is 1.05 bits per heavy atom. The number of halogens is 1. The molecule has 0 amide bonds. The second kappa shape index (κ2) is 5.13. The number of fused-ring (bicyclic) bond motifs is 1. The van der Waals surface area contributed by atoms with Crippen LogP contribution in [-0.4, -0.2) is 20.1 Å². The lowest BCUT2D eigenvalue weighted by Crippen LogP contribution is -2.36. The molecule has 3 nitrogen and oxygen atoms in total. The summed E-state index contributed by atoms with van der Waals surface area (Å²) in [5, 5.41) is 0. The SMILES string of the molecule is CN1CCN(c2ccc(F)cc2CN)c2ccccc21. The Kier molecular flexibility index (Phi) is 3.32. The first-order chi connectivity index (χ1) is 9.70. The van der Waals surface area contributed by atoms with E-state index in [9.17, 15) is 4.39 Å². The van der Waals surface area contributed by atoms with Gasteiger partial charge >= 0.3 is 0 Å². The van der Waals surface area contributed by atoms with E-state index in [0.29, 0.717) is 6.54 Å². The summed E-state index contributed by atoms with van der Waals surface area (Å²) in [6, 6.07) is 13.1. The number of anilines is 3. The molecular formula is C16H18FN3. The quantitative estimate of drug-likeness (QED) is 0.911. The van der Waals surface area contributed by atoms with Crippen molar-refractivity contribution in [1.82, 2.24) is 0 Å². The van der Waals surface area contributed by atoms with Crippen molar-refractivity contribution in [1.29, 1.82) is 0 Å². The minimum absolute atomic E-state index is 0.239. The molecule has 2 N–H and O–H groups in total. The van der Waals surface area contributed by atoms with Gasteiger partial charge in [0.2, 0.25) is 0 Å². The van der Waals surface area contributed by atoms with E-state index in [1.54, 1.807) is 0 Å². The van der Waals surface area contributed by atoms with E-state index in [4.69, 9.17) is 5.73 Å². The van der Waals surface area contributed by atoms with E-state index in [1.165, 1.54) is 17.8 Å². The van der Waals surface area contributed by atoms with Crippen molar-refractivity contribution in [2.24, 2.45) is 5.73 Å². The van der Waals surface area contributed by atoms with Crippen molar-refractivity contribution in [2.45, 2.75) is 6.54 Å². The van der Waals surface area contributed by atoms with Gasteiger partial charge in [-0.05, 0) is 35.9 Å². The number of para-hydroxylation sites is 2. The molecule has 0 atom stereocenters. The summed E-state index contributed by atoms with van der Waals surface area (Å²) in [5.74, 6) is -0.239. The molecule has 0 bridgehead atoms. The highest BCUT2D eigenvalue weighted by Gasteiger charge is 2.22. The van der Waals surface area contributed by atoms with E-state index in [1.807, 2.05) is 18.2 Å². The number of hydrogen-bond donors (Lipinski definition) is 1. The molecule has 0 aromatic heterocycles. The molecule has 0 aliphatic carbocycles. The smallest absolute Gasteiger partial charge is 0.123 e. The van der Waals surface area contributed by atoms with E-state index in [2.05, 4.69) is 29.0 Å². The molecule has 0 saturated carbocycles. The van der Waals surface area contributed by atoms with Gasteiger partial charge in [-0.3, -0.25) is 0 Å². The molecule has 1 aliphatic rings. The van der Waals surface area contributed by atoms with Gasteiger partial charge in [0, 0.05) is 32.4 Å². The van der Waals surface area contributed by atoms with Gasteiger partial charge in [0.1, 0.15) is 5.82 Å². The molecule has 0 unspecified atom stereocenters. The van der Waals surface area contributed by atoms with Crippen molar-refractivity contribution in [3.05, 3.63) is 53.8 Å². The maximum Gasteiger partial charge on any atom is 0.123 e.